The van der Waals surface area contributed by atoms with Gasteiger partial charge in [-0.05, 0) is 56.4 Å². The number of hydrogen-bond donors (Lipinski definition) is 1. The second-order valence-corrected chi connectivity index (χ2v) is 6.72. The molecule has 126 valence electrons. The molecule has 2 aliphatic rings. The fourth-order valence-corrected chi connectivity index (χ4v) is 3.55. The summed E-state index contributed by atoms with van der Waals surface area (Å²) in [4.78, 5) is 27.0. The molecule has 3 atom stereocenters. The summed E-state index contributed by atoms with van der Waals surface area (Å²) in [5.74, 6) is -0.312. The highest BCUT2D eigenvalue weighted by molar-refractivity contribution is 5.99. The van der Waals surface area contributed by atoms with Gasteiger partial charge in [0.25, 0.3) is 0 Å². The SMILES string of the molecule is CCC1CCCCN1C(=O)C1CC1C(=O)Nc1ccc(C#N)cc1. The van der Waals surface area contributed by atoms with Crippen LogP contribution in [0.1, 0.15) is 44.6 Å². The Morgan fingerprint density at radius 1 is 1.25 bits per heavy atom. The van der Waals surface area contributed by atoms with E-state index < -0.39 is 0 Å². The van der Waals surface area contributed by atoms with Crippen LogP contribution in [0.3, 0.4) is 0 Å². The molecule has 0 spiro atoms. The topological polar surface area (TPSA) is 73.2 Å². The van der Waals surface area contributed by atoms with Gasteiger partial charge in [-0.25, -0.2) is 0 Å². The molecule has 1 N–H and O–H groups in total. The highest BCUT2D eigenvalue weighted by Crippen LogP contribution is 2.42. The molecule has 2 fully saturated rings. The van der Waals surface area contributed by atoms with Gasteiger partial charge in [-0.15, -0.1) is 0 Å². The van der Waals surface area contributed by atoms with E-state index in [1.54, 1.807) is 24.3 Å². The lowest BCUT2D eigenvalue weighted by molar-refractivity contribution is -0.137. The molecule has 1 saturated heterocycles. The van der Waals surface area contributed by atoms with E-state index in [1.165, 1.54) is 6.42 Å². The maximum atomic E-state index is 12.7. The van der Waals surface area contributed by atoms with Crippen molar-refractivity contribution in [2.75, 3.05) is 11.9 Å². The number of rotatable bonds is 4. The van der Waals surface area contributed by atoms with Gasteiger partial charge >= 0.3 is 0 Å². The number of piperidine rings is 1. The van der Waals surface area contributed by atoms with Crippen molar-refractivity contribution in [3.05, 3.63) is 29.8 Å². The maximum Gasteiger partial charge on any atom is 0.228 e. The predicted octanol–water partition coefficient (Wildman–Crippen LogP) is 2.92. The molecule has 24 heavy (non-hydrogen) atoms. The molecule has 5 heteroatoms. The van der Waals surface area contributed by atoms with Gasteiger partial charge in [-0.3, -0.25) is 9.59 Å². The highest BCUT2D eigenvalue weighted by Gasteiger charge is 2.50. The van der Waals surface area contributed by atoms with E-state index in [2.05, 4.69) is 12.2 Å². The van der Waals surface area contributed by atoms with Crippen molar-refractivity contribution in [3.8, 4) is 6.07 Å². The van der Waals surface area contributed by atoms with Crippen LogP contribution in [0.5, 0.6) is 0 Å². The fraction of sp³-hybridized carbons (Fsp3) is 0.526. The van der Waals surface area contributed by atoms with Gasteiger partial charge in [0.15, 0.2) is 0 Å². The first-order valence-electron chi connectivity index (χ1n) is 8.75. The molecular weight excluding hydrogens is 302 g/mol. The van der Waals surface area contributed by atoms with Gasteiger partial charge in [0.2, 0.25) is 11.8 Å². The van der Waals surface area contributed by atoms with E-state index in [0.717, 1.165) is 25.8 Å². The van der Waals surface area contributed by atoms with Gasteiger partial charge in [0, 0.05) is 18.3 Å². The summed E-state index contributed by atoms with van der Waals surface area (Å²) in [5.41, 5.74) is 1.23. The maximum absolute atomic E-state index is 12.7. The van der Waals surface area contributed by atoms with E-state index >= 15 is 0 Å². The molecule has 0 radical (unpaired) electrons. The minimum Gasteiger partial charge on any atom is -0.339 e. The van der Waals surface area contributed by atoms with Crippen molar-refractivity contribution < 1.29 is 9.59 Å². The monoisotopic (exact) mass is 325 g/mol. The third kappa shape index (κ3) is 3.43. The predicted molar refractivity (Wildman–Crippen MR) is 91.0 cm³/mol. The van der Waals surface area contributed by atoms with E-state index in [4.69, 9.17) is 5.26 Å². The van der Waals surface area contributed by atoms with Gasteiger partial charge in [0.05, 0.1) is 23.5 Å². The standard InChI is InChI=1S/C19H23N3O2/c1-2-15-5-3-4-10-22(15)19(24)17-11-16(17)18(23)21-14-8-6-13(12-20)7-9-14/h6-9,15-17H,2-5,10-11H2,1H3,(H,21,23). The molecule has 3 unspecified atom stereocenters. The number of carbonyl (C=O) groups excluding carboxylic acids is 2. The number of nitrogens with one attached hydrogen (secondary N) is 1. The van der Waals surface area contributed by atoms with E-state index in [0.29, 0.717) is 23.7 Å². The number of nitriles is 1. The second kappa shape index (κ2) is 7.04. The first kappa shape index (κ1) is 16.5. The zero-order valence-corrected chi connectivity index (χ0v) is 14.0. The number of amides is 2. The second-order valence-electron chi connectivity index (χ2n) is 6.72. The zero-order valence-electron chi connectivity index (χ0n) is 14.0. The lowest BCUT2D eigenvalue weighted by atomic mass is 9.99. The summed E-state index contributed by atoms with van der Waals surface area (Å²) in [7, 11) is 0. The molecule has 1 saturated carbocycles. The lowest BCUT2D eigenvalue weighted by Crippen LogP contribution is -2.44. The molecule has 0 aromatic heterocycles. The van der Waals surface area contributed by atoms with Crippen LogP contribution in [-0.2, 0) is 9.59 Å². The largest absolute Gasteiger partial charge is 0.339 e. The van der Waals surface area contributed by atoms with Crippen molar-refractivity contribution in [3.63, 3.8) is 0 Å². The number of benzene rings is 1. The van der Waals surface area contributed by atoms with Crippen molar-refractivity contribution >= 4 is 17.5 Å². The molecular formula is C19H23N3O2. The van der Waals surface area contributed by atoms with Crippen LogP contribution in [0.25, 0.3) is 0 Å². The van der Waals surface area contributed by atoms with Crippen LogP contribution in [-0.4, -0.2) is 29.3 Å². The Morgan fingerprint density at radius 2 is 2.00 bits per heavy atom. The van der Waals surface area contributed by atoms with Gasteiger partial charge in [-0.2, -0.15) is 5.26 Å². The normalized spacial score (nSPS) is 25.7. The third-order valence-corrected chi connectivity index (χ3v) is 5.11. The Hall–Kier alpha value is -2.35. The van der Waals surface area contributed by atoms with E-state index in [-0.39, 0.29) is 23.7 Å². The van der Waals surface area contributed by atoms with Crippen LogP contribution < -0.4 is 5.32 Å². The van der Waals surface area contributed by atoms with Crippen LogP contribution in [0.4, 0.5) is 5.69 Å². The van der Waals surface area contributed by atoms with E-state index in [1.807, 2.05) is 11.0 Å². The number of likely N-dealkylation sites (tertiary alicyclic amines) is 1. The van der Waals surface area contributed by atoms with Crippen LogP contribution >= 0.6 is 0 Å². The summed E-state index contributed by atoms with van der Waals surface area (Å²) in [5, 5.41) is 11.6. The highest BCUT2D eigenvalue weighted by atomic mass is 16.2. The molecule has 1 aromatic rings. The van der Waals surface area contributed by atoms with Gasteiger partial charge in [0.1, 0.15) is 0 Å². The molecule has 1 aliphatic heterocycles. The summed E-state index contributed by atoms with van der Waals surface area (Å²) in [6.45, 7) is 2.95. The minimum absolute atomic E-state index is 0.0943. The molecule has 3 rings (SSSR count). The number of carbonyl (C=O) groups is 2. The molecule has 5 nitrogen and oxygen atoms in total. The van der Waals surface area contributed by atoms with Gasteiger partial charge < -0.3 is 10.2 Å². The summed E-state index contributed by atoms with van der Waals surface area (Å²) in [6, 6.07) is 9.16. The van der Waals surface area contributed by atoms with Crippen molar-refractivity contribution in [2.24, 2.45) is 11.8 Å². The van der Waals surface area contributed by atoms with Gasteiger partial charge in [-0.1, -0.05) is 6.92 Å². The minimum atomic E-state index is -0.215. The third-order valence-electron chi connectivity index (χ3n) is 5.11. The Labute approximate surface area is 142 Å². The first-order valence-corrected chi connectivity index (χ1v) is 8.75. The van der Waals surface area contributed by atoms with Crippen LogP contribution in [0.2, 0.25) is 0 Å². The fourth-order valence-electron chi connectivity index (χ4n) is 3.55. The zero-order chi connectivity index (χ0) is 17.1. The van der Waals surface area contributed by atoms with Crippen molar-refractivity contribution in [1.29, 1.82) is 5.26 Å². The Bertz CT molecular complexity index is 662. The van der Waals surface area contributed by atoms with Crippen molar-refractivity contribution in [2.45, 2.75) is 45.1 Å². The summed E-state index contributed by atoms with van der Waals surface area (Å²) < 4.78 is 0. The Kier molecular flexibility index (Phi) is 4.84. The molecule has 1 aromatic carbocycles. The Balaban J connectivity index is 1.56. The summed E-state index contributed by atoms with van der Waals surface area (Å²) >= 11 is 0. The molecule has 1 heterocycles. The van der Waals surface area contributed by atoms with Crippen molar-refractivity contribution in [1.82, 2.24) is 4.90 Å². The Morgan fingerprint density at radius 3 is 2.67 bits per heavy atom. The number of anilines is 1. The lowest BCUT2D eigenvalue weighted by Gasteiger charge is -2.35. The first-order chi connectivity index (χ1) is 11.6. The van der Waals surface area contributed by atoms with E-state index in [9.17, 15) is 9.59 Å². The summed E-state index contributed by atoms with van der Waals surface area (Å²) in [6.07, 6.45) is 4.97. The molecule has 2 amide bonds. The number of nitrogens with zero attached hydrogens (tertiary/aromatic N) is 2. The average molecular weight is 325 g/mol. The molecule has 1 aliphatic carbocycles. The smallest absolute Gasteiger partial charge is 0.228 e. The van der Waals surface area contributed by atoms with Crippen LogP contribution in [0, 0.1) is 23.2 Å². The number of hydrogen-bond acceptors (Lipinski definition) is 3. The molecule has 0 bridgehead atoms. The van der Waals surface area contributed by atoms with Crippen LogP contribution in [0.15, 0.2) is 24.3 Å². The average Bonchev–Trinajstić information content (AvgIpc) is 3.42. The quantitative estimate of drug-likeness (QED) is 0.925.